The first kappa shape index (κ1) is 15.8. The maximum atomic E-state index is 12.2. The third kappa shape index (κ3) is 4.15. The van der Waals surface area contributed by atoms with Gasteiger partial charge in [0.2, 0.25) is 5.91 Å². The average Bonchev–Trinajstić information content (AvgIpc) is 2.37. The quantitative estimate of drug-likeness (QED) is 0.704. The number of carbonyl (C=O) groups excluding carboxylic acids is 2. The lowest BCUT2D eigenvalue weighted by molar-refractivity contribution is -0.122. The number of nitrogens with zero attached hydrogens (tertiary/aromatic N) is 1. The van der Waals surface area contributed by atoms with E-state index in [1.807, 2.05) is 13.8 Å². The van der Waals surface area contributed by atoms with Gasteiger partial charge in [-0.1, -0.05) is 0 Å². The molecule has 0 aliphatic rings. The molecule has 0 spiro atoms. The minimum Gasteiger partial charge on any atom is -0.504 e. The van der Waals surface area contributed by atoms with Gasteiger partial charge >= 0.3 is 0 Å². The summed E-state index contributed by atoms with van der Waals surface area (Å²) in [6.07, 6.45) is 0. The van der Waals surface area contributed by atoms with Gasteiger partial charge in [0, 0.05) is 18.2 Å². The van der Waals surface area contributed by atoms with Crippen molar-refractivity contribution in [3.63, 3.8) is 0 Å². The van der Waals surface area contributed by atoms with Crippen LogP contribution in [0.3, 0.4) is 0 Å². The van der Waals surface area contributed by atoms with E-state index < -0.39 is 0 Å². The Morgan fingerprint density at radius 2 is 1.90 bits per heavy atom. The standard InChI is InChI=1S/C14H20N2O4/c1-4-16(8-13(19)15-9(2)3)14(20)10-5-6-11(17)12(18)7-10/h5-7,9,17-18H,4,8H2,1-3H3,(H,15,19). The molecule has 0 aliphatic heterocycles. The third-order valence-corrected chi connectivity index (χ3v) is 2.68. The van der Waals surface area contributed by atoms with Crippen LogP contribution >= 0.6 is 0 Å². The summed E-state index contributed by atoms with van der Waals surface area (Å²) in [7, 11) is 0. The van der Waals surface area contributed by atoms with E-state index in [1.54, 1.807) is 6.92 Å². The van der Waals surface area contributed by atoms with Crippen LogP contribution in [0.25, 0.3) is 0 Å². The van der Waals surface area contributed by atoms with Gasteiger partial charge in [0.15, 0.2) is 11.5 Å². The molecule has 2 amide bonds. The number of likely N-dealkylation sites (N-methyl/N-ethyl adjacent to an activating group) is 1. The highest BCUT2D eigenvalue weighted by Crippen LogP contribution is 2.25. The van der Waals surface area contributed by atoms with Gasteiger partial charge in [-0.15, -0.1) is 0 Å². The van der Waals surface area contributed by atoms with E-state index in [-0.39, 0.29) is 41.5 Å². The Hall–Kier alpha value is -2.24. The first-order valence-electron chi connectivity index (χ1n) is 6.45. The molecule has 0 heterocycles. The molecule has 6 nitrogen and oxygen atoms in total. The van der Waals surface area contributed by atoms with Gasteiger partial charge in [-0.3, -0.25) is 9.59 Å². The molecule has 0 saturated heterocycles. The highest BCUT2D eigenvalue weighted by atomic mass is 16.3. The van der Waals surface area contributed by atoms with Crippen molar-refractivity contribution in [2.75, 3.05) is 13.1 Å². The van der Waals surface area contributed by atoms with Crippen molar-refractivity contribution in [2.24, 2.45) is 0 Å². The molecule has 20 heavy (non-hydrogen) atoms. The van der Waals surface area contributed by atoms with Crippen LogP contribution in [0.4, 0.5) is 0 Å². The number of rotatable bonds is 5. The number of hydrogen-bond donors (Lipinski definition) is 3. The summed E-state index contributed by atoms with van der Waals surface area (Å²) < 4.78 is 0. The SMILES string of the molecule is CCN(CC(=O)NC(C)C)C(=O)c1ccc(O)c(O)c1. The molecule has 1 rings (SSSR count). The minimum absolute atomic E-state index is 0.00836. The van der Waals surface area contributed by atoms with E-state index in [0.717, 1.165) is 0 Å². The van der Waals surface area contributed by atoms with Gasteiger partial charge in [-0.2, -0.15) is 0 Å². The normalized spacial score (nSPS) is 10.4. The van der Waals surface area contributed by atoms with Crippen LogP contribution in [0, 0.1) is 0 Å². The number of benzene rings is 1. The highest BCUT2D eigenvalue weighted by molar-refractivity contribution is 5.97. The van der Waals surface area contributed by atoms with Crippen LogP contribution < -0.4 is 5.32 Å². The number of aromatic hydroxyl groups is 2. The number of amides is 2. The zero-order chi connectivity index (χ0) is 15.3. The fourth-order valence-corrected chi connectivity index (χ4v) is 1.71. The molecule has 6 heteroatoms. The predicted molar refractivity (Wildman–Crippen MR) is 74.6 cm³/mol. The Morgan fingerprint density at radius 3 is 2.40 bits per heavy atom. The largest absolute Gasteiger partial charge is 0.504 e. The Labute approximate surface area is 118 Å². The number of hydrogen-bond acceptors (Lipinski definition) is 4. The number of carbonyl (C=O) groups is 2. The van der Waals surface area contributed by atoms with E-state index in [2.05, 4.69) is 5.32 Å². The van der Waals surface area contributed by atoms with Crippen molar-refractivity contribution < 1.29 is 19.8 Å². The Bertz CT molecular complexity index is 500. The summed E-state index contributed by atoms with van der Waals surface area (Å²) in [6, 6.07) is 3.83. The van der Waals surface area contributed by atoms with Gasteiger partial charge in [0.05, 0.1) is 6.54 Å². The molecule has 0 aliphatic carbocycles. The summed E-state index contributed by atoms with van der Waals surface area (Å²) in [5, 5.41) is 21.3. The van der Waals surface area contributed by atoms with Crippen molar-refractivity contribution in [3.05, 3.63) is 23.8 Å². The van der Waals surface area contributed by atoms with Gasteiger partial charge in [-0.25, -0.2) is 0 Å². The molecule has 0 atom stereocenters. The maximum absolute atomic E-state index is 12.2. The van der Waals surface area contributed by atoms with Gasteiger partial charge in [0.1, 0.15) is 0 Å². The Kier molecular flexibility index (Phi) is 5.37. The minimum atomic E-state index is -0.373. The van der Waals surface area contributed by atoms with Crippen LogP contribution in [0.15, 0.2) is 18.2 Å². The lowest BCUT2D eigenvalue weighted by atomic mass is 10.1. The number of nitrogens with one attached hydrogen (secondary N) is 1. The zero-order valence-electron chi connectivity index (χ0n) is 11.9. The van der Waals surface area contributed by atoms with Crippen LogP contribution in [0.5, 0.6) is 11.5 Å². The summed E-state index contributed by atoms with van der Waals surface area (Å²) in [5.74, 6) is -1.26. The molecular formula is C14H20N2O4. The molecule has 0 unspecified atom stereocenters. The molecule has 110 valence electrons. The van der Waals surface area contributed by atoms with Crippen molar-refractivity contribution >= 4 is 11.8 Å². The average molecular weight is 280 g/mol. The van der Waals surface area contributed by atoms with Crippen LogP contribution in [-0.4, -0.2) is 46.1 Å². The topological polar surface area (TPSA) is 89.9 Å². The summed E-state index contributed by atoms with van der Waals surface area (Å²) in [6.45, 7) is 5.77. The van der Waals surface area contributed by atoms with Crippen molar-refractivity contribution in [3.8, 4) is 11.5 Å². The van der Waals surface area contributed by atoms with Crippen LogP contribution in [-0.2, 0) is 4.79 Å². The smallest absolute Gasteiger partial charge is 0.254 e. The third-order valence-electron chi connectivity index (χ3n) is 2.68. The maximum Gasteiger partial charge on any atom is 0.254 e. The zero-order valence-corrected chi connectivity index (χ0v) is 11.9. The molecule has 0 fully saturated rings. The molecule has 1 aromatic rings. The fourth-order valence-electron chi connectivity index (χ4n) is 1.71. The van der Waals surface area contributed by atoms with Crippen LogP contribution in [0.1, 0.15) is 31.1 Å². The molecular weight excluding hydrogens is 260 g/mol. The van der Waals surface area contributed by atoms with E-state index in [0.29, 0.717) is 6.54 Å². The van der Waals surface area contributed by atoms with Crippen molar-refractivity contribution in [1.29, 1.82) is 0 Å². The summed E-state index contributed by atoms with van der Waals surface area (Å²) >= 11 is 0. The molecule has 1 aromatic carbocycles. The predicted octanol–water partition coefficient (Wildman–Crippen LogP) is 1.08. The van der Waals surface area contributed by atoms with Crippen molar-refractivity contribution in [1.82, 2.24) is 10.2 Å². The van der Waals surface area contributed by atoms with E-state index >= 15 is 0 Å². The van der Waals surface area contributed by atoms with Gasteiger partial charge in [-0.05, 0) is 39.0 Å². The molecule has 0 aromatic heterocycles. The second-order valence-electron chi connectivity index (χ2n) is 4.75. The van der Waals surface area contributed by atoms with E-state index in [4.69, 9.17) is 0 Å². The molecule has 0 saturated carbocycles. The first-order valence-corrected chi connectivity index (χ1v) is 6.45. The van der Waals surface area contributed by atoms with E-state index in [1.165, 1.54) is 23.1 Å². The number of phenols is 2. The fraction of sp³-hybridized carbons (Fsp3) is 0.429. The molecule has 0 radical (unpaired) electrons. The second kappa shape index (κ2) is 6.79. The Balaban J connectivity index is 2.81. The molecule has 0 bridgehead atoms. The Morgan fingerprint density at radius 1 is 1.25 bits per heavy atom. The monoisotopic (exact) mass is 280 g/mol. The lowest BCUT2D eigenvalue weighted by Crippen LogP contribution is -2.42. The summed E-state index contributed by atoms with van der Waals surface area (Å²) in [5.41, 5.74) is 0.222. The number of phenolic OH excluding ortho intramolecular Hbond substituents is 2. The van der Waals surface area contributed by atoms with E-state index in [9.17, 15) is 19.8 Å². The van der Waals surface area contributed by atoms with Crippen molar-refractivity contribution in [2.45, 2.75) is 26.8 Å². The van der Waals surface area contributed by atoms with Crippen LogP contribution in [0.2, 0.25) is 0 Å². The second-order valence-corrected chi connectivity index (χ2v) is 4.75. The van der Waals surface area contributed by atoms with Gasteiger partial charge in [0.25, 0.3) is 5.91 Å². The lowest BCUT2D eigenvalue weighted by Gasteiger charge is -2.21. The summed E-state index contributed by atoms with van der Waals surface area (Å²) in [4.78, 5) is 25.3. The molecule has 3 N–H and O–H groups in total. The highest BCUT2D eigenvalue weighted by Gasteiger charge is 2.18. The van der Waals surface area contributed by atoms with Gasteiger partial charge < -0.3 is 20.4 Å². The first-order chi connectivity index (χ1) is 9.35.